The van der Waals surface area contributed by atoms with Gasteiger partial charge < -0.3 is 4.98 Å². The lowest BCUT2D eigenvalue weighted by Gasteiger charge is -1.92. The first-order valence-corrected chi connectivity index (χ1v) is 4.05. The highest BCUT2D eigenvalue weighted by molar-refractivity contribution is 5.83. The van der Waals surface area contributed by atoms with Crippen molar-refractivity contribution in [2.45, 2.75) is 13.3 Å². The normalized spacial score (nSPS) is 11.4. The molecule has 68 valence electrons. The fourth-order valence-corrected chi connectivity index (χ4v) is 1.45. The first-order chi connectivity index (χ1) is 6.18. The molecule has 2 rings (SSSR count). The second-order valence-corrected chi connectivity index (χ2v) is 3.06. The second-order valence-electron chi connectivity index (χ2n) is 3.06. The van der Waals surface area contributed by atoms with Crippen LogP contribution in [-0.4, -0.2) is 4.98 Å². The summed E-state index contributed by atoms with van der Waals surface area (Å²) in [6.45, 7) is 1.91. The average molecular weight is 181 g/mol. The third-order valence-corrected chi connectivity index (χ3v) is 2.14. The molecule has 1 aromatic heterocycles. The number of alkyl halides is 2. The van der Waals surface area contributed by atoms with Gasteiger partial charge in [0.1, 0.15) is 0 Å². The maximum atomic E-state index is 12.3. The maximum absolute atomic E-state index is 12.3. The fraction of sp³-hybridized carbons (Fsp3) is 0.200. The van der Waals surface area contributed by atoms with Gasteiger partial charge in [-0.05, 0) is 24.6 Å². The largest absolute Gasteiger partial charge is 0.354 e. The Morgan fingerprint density at radius 1 is 1.31 bits per heavy atom. The zero-order chi connectivity index (χ0) is 9.42. The first-order valence-electron chi connectivity index (χ1n) is 4.05. The Morgan fingerprint density at radius 3 is 2.69 bits per heavy atom. The van der Waals surface area contributed by atoms with E-state index >= 15 is 0 Å². The average Bonchev–Trinajstić information content (AvgIpc) is 2.49. The van der Waals surface area contributed by atoms with E-state index in [0.29, 0.717) is 0 Å². The molecule has 2 aromatic rings. The molecule has 0 aliphatic rings. The Balaban J connectivity index is 2.68. The standard InChI is InChI=1S/C10H9F2N/c1-6-3-2-4-8-7(6)5-9(13-8)10(11)12/h2-5,10,13H,1H3. The molecule has 1 aromatic carbocycles. The summed E-state index contributed by atoms with van der Waals surface area (Å²) in [6.07, 6.45) is -2.42. The van der Waals surface area contributed by atoms with E-state index in [2.05, 4.69) is 4.98 Å². The van der Waals surface area contributed by atoms with Crippen molar-refractivity contribution in [1.82, 2.24) is 4.98 Å². The number of hydrogen-bond donors (Lipinski definition) is 1. The van der Waals surface area contributed by atoms with Crippen LogP contribution in [0.4, 0.5) is 8.78 Å². The molecular weight excluding hydrogens is 172 g/mol. The van der Waals surface area contributed by atoms with E-state index in [4.69, 9.17) is 0 Å². The number of fused-ring (bicyclic) bond motifs is 1. The van der Waals surface area contributed by atoms with Crippen LogP contribution in [0.5, 0.6) is 0 Å². The number of benzene rings is 1. The van der Waals surface area contributed by atoms with Crippen LogP contribution in [0.2, 0.25) is 0 Å². The van der Waals surface area contributed by atoms with Gasteiger partial charge in [-0.3, -0.25) is 0 Å². The Bertz CT molecular complexity index is 431. The van der Waals surface area contributed by atoms with Crippen LogP contribution in [0, 0.1) is 6.92 Å². The van der Waals surface area contributed by atoms with Gasteiger partial charge in [-0.2, -0.15) is 0 Å². The minimum absolute atomic E-state index is 0.00991. The molecule has 0 amide bonds. The third kappa shape index (κ3) is 1.30. The highest BCUT2D eigenvalue weighted by Crippen LogP contribution is 2.25. The van der Waals surface area contributed by atoms with E-state index in [1.54, 1.807) is 6.07 Å². The lowest BCUT2D eigenvalue weighted by atomic mass is 10.1. The number of H-pyrrole nitrogens is 1. The van der Waals surface area contributed by atoms with Gasteiger partial charge in [-0.15, -0.1) is 0 Å². The van der Waals surface area contributed by atoms with Gasteiger partial charge in [0.15, 0.2) is 0 Å². The quantitative estimate of drug-likeness (QED) is 0.693. The van der Waals surface area contributed by atoms with Crippen molar-refractivity contribution in [2.75, 3.05) is 0 Å². The summed E-state index contributed by atoms with van der Waals surface area (Å²) >= 11 is 0. The fourth-order valence-electron chi connectivity index (χ4n) is 1.45. The van der Waals surface area contributed by atoms with E-state index in [1.165, 1.54) is 6.07 Å². The predicted molar refractivity (Wildman–Crippen MR) is 48.0 cm³/mol. The van der Waals surface area contributed by atoms with Gasteiger partial charge in [0.05, 0.1) is 5.69 Å². The van der Waals surface area contributed by atoms with Crippen molar-refractivity contribution < 1.29 is 8.78 Å². The molecule has 0 atom stereocenters. The lowest BCUT2D eigenvalue weighted by Crippen LogP contribution is -1.80. The monoisotopic (exact) mass is 181 g/mol. The zero-order valence-electron chi connectivity index (χ0n) is 7.14. The maximum Gasteiger partial charge on any atom is 0.278 e. The summed E-state index contributed by atoms with van der Waals surface area (Å²) in [7, 11) is 0. The van der Waals surface area contributed by atoms with Crippen molar-refractivity contribution in [3.63, 3.8) is 0 Å². The Labute approximate surface area is 74.4 Å². The molecule has 0 saturated heterocycles. The van der Waals surface area contributed by atoms with Gasteiger partial charge in [0.25, 0.3) is 6.43 Å². The minimum Gasteiger partial charge on any atom is -0.354 e. The van der Waals surface area contributed by atoms with Crippen LogP contribution in [0.1, 0.15) is 17.7 Å². The molecule has 0 aliphatic carbocycles. The van der Waals surface area contributed by atoms with Crippen LogP contribution in [-0.2, 0) is 0 Å². The van der Waals surface area contributed by atoms with Crippen LogP contribution >= 0.6 is 0 Å². The highest BCUT2D eigenvalue weighted by Gasteiger charge is 2.10. The number of rotatable bonds is 1. The van der Waals surface area contributed by atoms with E-state index in [0.717, 1.165) is 16.5 Å². The Hall–Kier alpha value is -1.38. The van der Waals surface area contributed by atoms with Gasteiger partial charge in [-0.1, -0.05) is 12.1 Å². The SMILES string of the molecule is Cc1cccc2[nH]c(C(F)F)cc12. The number of aryl methyl sites for hydroxylation is 1. The number of nitrogens with one attached hydrogen (secondary N) is 1. The van der Waals surface area contributed by atoms with E-state index in [-0.39, 0.29) is 5.69 Å². The Kier molecular flexibility index (Phi) is 1.79. The van der Waals surface area contributed by atoms with Crippen molar-refractivity contribution in [2.24, 2.45) is 0 Å². The molecule has 0 saturated carbocycles. The minimum atomic E-state index is -2.42. The molecule has 0 fully saturated rings. The van der Waals surface area contributed by atoms with Crippen molar-refractivity contribution in [3.8, 4) is 0 Å². The molecule has 1 nitrogen and oxygen atoms in total. The smallest absolute Gasteiger partial charge is 0.278 e. The van der Waals surface area contributed by atoms with Gasteiger partial charge in [-0.25, -0.2) is 8.78 Å². The van der Waals surface area contributed by atoms with Gasteiger partial charge in [0, 0.05) is 10.9 Å². The molecule has 1 heterocycles. The van der Waals surface area contributed by atoms with E-state index in [1.807, 2.05) is 19.1 Å². The molecular formula is C10H9F2N. The summed E-state index contributed by atoms with van der Waals surface area (Å²) in [4.78, 5) is 2.69. The molecule has 1 N–H and O–H groups in total. The second kappa shape index (κ2) is 2.83. The zero-order valence-corrected chi connectivity index (χ0v) is 7.14. The molecule has 0 bridgehead atoms. The first kappa shape index (κ1) is 8.23. The highest BCUT2D eigenvalue weighted by atomic mass is 19.3. The molecule has 3 heteroatoms. The van der Waals surface area contributed by atoms with Gasteiger partial charge in [0.2, 0.25) is 0 Å². The molecule has 13 heavy (non-hydrogen) atoms. The van der Waals surface area contributed by atoms with E-state index in [9.17, 15) is 8.78 Å². The summed E-state index contributed by atoms with van der Waals surface area (Å²) in [5.41, 5.74) is 1.78. The van der Waals surface area contributed by atoms with Crippen molar-refractivity contribution in [1.29, 1.82) is 0 Å². The van der Waals surface area contributed by atoms with Gasteiger partial charge >= 0.3 is 0 Å². The summed E-state index contributed by atoms with van der Waals surface area (Å²) < 4.78 is 24.6. The van der Waals surface area contributed by atoms with Crippen LogP contribution in [0.25, 0.3) is 10.9 Å². The molecule has 0 spiro atoms. The number of hydrogen-bond acceptors (Lipinski definition) is 0. The molecule has 0 aliphatic heterocycles. The van der Waals surface area contributed by atoms with Crippen LogP contribution in [0.15, 0.2) is 24.3 Å². The molecule has 0 radical (unpaired) electrons. The van der Waals surface area contributed by atoms with Crippen LogP contribution in [0.3, 0.4) is 0 Å². The number of aromatic amines is 1. The number of halogens is 2. The lowest BCUT2D eigenvalue weighted by molar-refractivity contribution is 0.147. The number of aromatic nitrogens is 1. The van der Waals surface area contributed by atoms with E-state index < -0.39 is 6.43 Å². The molecule has 0 unspecified atom stereocenters. The summed E-state index contributed by atoms with van der Waals surface area (Å²) in [5.74, 6) is 0. The summed E-state index contributed by atoms with van der Waals surface area (Å²) in [5, 5.41) is 0.873. The Morgan fingerprint density at radius 2 is 2.08 bits per heavy atom. The van der Waals surface area contributed by atoms with Crippen LogP contribution < -0.4 is 0 Å². The predicted octanol–water partition coefficient (Wildman–Crippen LogP) is 3.41. The third-order valence-electron chi connectivity index (χ3n) is 2.14. The topological polar surface area (TPSA) is 15.8 Å². The summed E-state index contributed by atoms with van der Waals surface area (Å²) in [6, 6.07) is 7.07. The van der Waals surface area contributed by atoms with Crippen molar-refractivity contribution in [3.05, 3.63) is 35.5 Å². The van der Waals surface area contributed by atoms with Crippen molar-refractivity contribution >= 4 is 10.9 Å².